The van der Waals surface area contributed by atoms with Crippen LogP contribution in [0.3, 0.4) is 0 Å². The maximum atomic E-state index is 14.0. The fourth-order valence-electron chi connectivity index (χ4n) is 4.98. The minimum Gasteiger partial charge on any atom is -0.508 e. The number of aliphatic carboxylic acids is 2. The molecule has 0 aliphatic carbocycles. The van der Waals surface area contributed by atoms with Gasteiger partial charge in [0.2, 0.25) is 17.7 Å². The van der Waals surface area contributed by atoms with Crippen molar-refractivity contribution in [1.29, 1.82) is 0 Å². The van der Waals surface area contributed by atoms with Crippen LogP contribution in [0.15, 0.2) is 35.9 Å². The quantitative estimate of drug-likeness (QED) is 0.161. The zero-order chi connectivity index (χ0) is 34.2. The van der Waals surface area contributed by atoms with Gasteiger partial charge in [0, 0.05) is 24.5 Å². The van der Waals surface area contributed by atoms with E-state index in [1.807, 2.05) is 48.5 Å². The Morgan fingerprint density at radius 1 is 0.932 bits per heavy atom. The van der Waals surface area contributed by atoms with E-state index in [4.69, 9.17) is 5.11 Å². The molecule has 6 N–H and O–H groups in total. The average Bonchev–Trinajstić information content (AvgIpc) is 2.90. The first-order chi connectivity index (χ1) is 20.1. The Hall–Kier alpha value is -3.93. The van der Waals surface area contributed by atoms with Gasteiger partial charge in [-0.05, 0) is 49.4 Å². The van der Waals surface area contributed by atoms with E-state index in [-0.39, 0.29) is 35.5 Å². The first-order valence-corrected chi connectivity index (χ1v) is 14.6. The minimum absolute atomic E-state index is 0.109. The number of nitrogens with zero attached hydrogens (tertiary/aromatic N) is 1. The van der Waals surface area contributed by atoms with E-state index in [2.05, 4.69) is 16.0 Å². The van der Waals surface area contributed by atoms with Crippen LogP contribution in [0.1, 0.15) is 73.8 Å². The number of hydrogen-bond donors (Lipinski definition) is 6. The molecule has 1 rings (SSSR count). The molecule has 0 aromatic heterocycles. The number of carbonyl (C=O) groups excluding carboxylic acids is 3. The molecule has 0 fully saturated rings. The van der Waals surface area contributed by atoms with Gasteiger partial charge in [-0.1, -0.05) is 66.7 Å². The first kappa shape index (κ1) is 38.1. The Morgan fingerprint density at radius 3 is 1.91 bits per heavy atom. The average molecular weight is 619 g/mol. The van der Waals surface area contributed by atoms with Gasteiger partial charge in [0.05, 0.1) is 12.1 Å². The van der Waals surface area contributed by atoms with E-state index < -0.39 is 59.3 Å². The molecule has 12 nitrogen and oxygen atoms in total. The van der Waals surface area contributed by atoms with Crippen LogP contribution in [0, 0.1) is 11.3 Å². The van der Waals surface area contributed by atoms with Crippen molar-refractivity contribution in [3.63, 3.8) is 0 Å². The molecule has 0 saturated carbocycles. The molecule has 4 atom stereocenters. The molecule has 0 aliphatic heterocycles. The van der Waals surface area contributed by atoms with E-state index in [0.717, 1.165) is 5.56 Å². The monoisotopic (exact) mass is 618 g/mol. The number of rotatable bonds is 15. The zero-order valence-corrected chi connectivity index (χ0v) is 27.5. The number of likely N-dealkylation sites (N-methyl/N-ethyl adjacent to an activating group) is 2. The summed E-state index contributed by atoms with van der Waals surface area (Å²) in [5, 5.41) is 36.4. The fourth-order valence-corrected chi connectivity index (χ4v) is 4.98. The third-order valence-corrected chi connectivity index (χ3v) is 7.79. The summed E-state index contributed by atoms with van der Waals surface area (Å²) in [5.74, 6) is -4.04. The van der Waals surface area contributed by atoms with Crippen molar-refractivity contribution in [3.8, 4) is 5.75 Å². The van der Waals surface area contributed by atoms with Crippen LogP contribution in [-0.2, 0) is 29.4 Å². The molecule has 0 spiro atoms. The third kappa shape index (κ3) is 10.4. The van der Waals surface area contributed by atoms with E-state index in [1.54, 1.807) is 44.4 Å². The number of phenolic OH excluding ortho intramolecular Hbond substituents is 1. The molecule has 3 amide bonds. The third-order valence-electron chi connectivity index (χ3n) is 7.79. The van der Waals surface area contributed by atoms with Gasteiger partial charge in [-0.3, -0.25) is 19.2 Å². The molecule has 1 aromatic rings. The topological polar surface area (TPSA) is 185 Å². The van der Waals surface area contributed by atoms with Crippen molar-refractivity contribution in [1.82, 2.24) is 20.9 Å². The van der Waals surface area contributed by atoms with Crippen molar-refractivity contribution in [2.24, 2.45) is 11.3 Å². The zero-order valence-electron chi connectivity index (χ0n) is 27.5. The predicted molar refractivity (Wildman–Crippen MR) is 167 cm³/mol. The number of carboxylic acids is 2. The molecular weight excluding hydrogens is 568 g/mol. The van der Waals surface area contributed by atoms with E-state index in [0.29, 0.717) is 0 Å². The van der Waals surface area contributed by atoms with Crippen LogP contribution in [0.25, 0.3) is 0 Å². The number of carbonyl (C=O) groups is 5. The maximum Gasteiger partial charge on any atom is 0.326 e. The van der Waals surface area contributed by atoms with Crippen molar-refractivity contribution >= 4 is 29.7 Å². The summed E-state index contributed by atoms with van der Waals surface area (Å²) in [6.07, 6.45) is 0.867. The molecule has 0 heterocycles. The largest absolute Gasteiger partial charge is 0.508 e. The van der Waals surface area contributed by atoms with Gasteiger partial charge < -0.3 is 36.2 Å². The Balaban J connectivity index is 3.29. The molecular formula is C32H50N4O8. The van der Waals surface area contributed by atoms with Gasteiger partial charge in [-0.15, -0.1) is 0 Å². The lowest BCUT2D eigenvalue weighted by Gasteiger charge is -2.40. The lowest BCUT2D eigenvalue weighted by Crippen LogP contribution is -2.61. The van der Waals surface area contributed by atoms with E-state index in [1.165, 1.54) is 11.8 Å². The molecule has 0 saturated heterocycles. The van der Waals surface area contributed by atoms with E-state index >= 15 is 0 Å². The molecule has 0 bridgehead atoms. The van der Waals surface area contributed by atoms with Crippen LogP contribution < -0.4 is 16.0 Å². The van der Waals surface area contributed by atoms with Gasteiger partial charge in [0.25, 0.3) is 0 Å². The molecule has 44 heavy (non-hydrogen) atoms. The van der Waals surface area contributed by atoms with Crippen molar-refractivity contribution in [2.75, 3.05) is 14.1 Å². The Kier molecular flexibility index (Phi) is 13.6. The summed E-state index contributed by atoms with van der Waals surface area (Å²) in [5.41, 5.74) is -0.437. The molecule has 12 heteroatoms. The van der Waals surface area contributed by atoms with Gasteiger partial charge in [0.1, 0.15) is 17.8 Å². The second kappa shape index (κ2) is 15.7. The number of hydrogen-bond acceptors (Lipinski definition) is 7. The first-order valence-electron chi connectivity index (χ1n) is 14.6. The molecule has 1 aromatic carbocycles. The minimum atomic E-state index is -1.38. The van der Waals surface area contributed by atoms with Gasteiger partial charge in [-0.25, -0.2) is 4.79 Å². The molecule has 246 valence electrons. The molecule has 2 unspecified atom stereocenters. The van der Waals surface area contributed by atoms with Crippen LogP contribution >= 0.6 is 0 Å². The van der Waals surface area contributed by atoms with Crippen molar-refractivity contribution in [2.45, 2.75) is 97.8 Å². The predicted octanol–water partition coefficient (Wildman–Crippen LogP) is 2.65. The van der Waals surface area contributed by atoms with Crippen LogP contribution in [0.4, 0.5) is 0 Å². The maximum absolute atomic E-state index is 14.0. The van der Waals surface area contributed by atoms with Gasteiger partial charge in [-0.2, -0.15) is 0 Å². The second-order valence-corrected chi connectivity index (χ2v) is 13.1. The second-order valence-electron chi connectivity index (χ2n) is 13.1. The highest BCUT2D eigenvalue weighted by atomic mass is 16.4. The van der Waals surface area contributed by atoms with Gasteiger partial charge in [0.15, 0.2) is 0 Å². The highest BCUT2D eigenvalue weighted by Gasteiger charge is 2.41. The van der Waals surface area contributed by atoms with Crippen LogP contribution in [0.5, 0.6) is 5.75 Å². The lowest BCUT2D eigenvalue weighted by atomic mass is 9.76. The Morgan fingerprint density at radius 2 is 1.48 bits per heavy atom. The molecule has 0 radical (unpaired) electrons. The number of benzene rings is 1. The number of carboxylic acid groups (broad SMARTS) is 2. The van der Waals surface area contributed by atoms with E-state index in [9.17, 15) is 34.2 Å². The fraction of sp³-hybridized carbons (Fsp3) is 0.594. The normalized spacial score (nSPS) is 15.1. The standard InChI is InChI=1S/C32H50N4O8/c1-18(2)23(17-19(3)27(40)34-22(30(43)44)15-16-24(38)39)36(10)29(42)26(31(4,5)6)35-28(41)25(33-9)32(7,8)20-11-13-21(37)14-12-20/h11-14,17-18,22-23,25-26,33,37H,15-16H2,1-10H3,(H,34,40)(H,35,41)(H,38,39)(H,43,44)/b19-17+/t22?,23-,25?,26-/m1/s1. The van der Waals surface area contributed by atoms with Crippen molar-refractivity contribution in [3.05, 3.63) is 41.5 Å². The number of phenols is 1. The lowest BCUT2D eigenvalue weighted by molar-refractivity contribution is -0.142. The Bertz CT molecular complexity index is 1220. The number of aromatic hydroxyl groups is 1. The molecule has 0 aliphatic rings. The summed E-state index contributed by atoms with van der Waals surface area (Å²) in [7, 11) is 3.25. The highest BCUT2D eigenvalue weighted by molar-refractivity contribution is 5.96. The summed E-state index contributed by atoms with van der Waals surface area (Å²) in [6, 6.07) is 2.95. The highest BCUT2D eigenvalue weighted by Crippen LogP contribution is 2.30. The summed E-state index contributed by atoms with van der Waals surface area (Å²) in [4.78, 5) is 64.5. The Labute approximate surface area is 260 Å². The van der Waals surface area contributed by atoms with Gasteiger partial charge >= 0.3 is 11.9 Å². The number of amides is 3. The van der Waals surface area contributed by atoms with Crippen LogP contribution in [-0.4, -0.2) is 88.1 Å². The van der Waals surface area contributed by atoms with Crippen LogP contribution in [0.2, 0.25) is 0 Å². The summed E-state index contributed by atoms with van der Waals surface area (Å²) >= 11 is 0. The summed E-state index contributed by atoms with van der Waals surface area (Å²) in [6.45, 7) is 14.5. The summed E-state index contributed by atoms with van der Waals surface area (Å²) < 4.78 is 0. The number of nitrogens with one attached hydrogen (secondary N) is 3. The van der Waals surface area contributed by atoms with Crippen molar-refractivity contribution < 1.29 is 39.3 Å². The smallest absolute Gasteiger partial charge is 0.326 e. The SMILES string of the molecule is CNC(C(=O)N[C@H](C(=O)N(C)[C@H](/C=C(\C)C(=O)NC(CCC(=O)O)C(=O)O)C(C)C)C(C)(C)C)C(C)(C)c1ccc(O)cc1.